The molecule has 0 fully saturated rings. The van der Waals surface area contributed by atoms with Crippen LogP contribution < -0.4 is 0 Å². The van der Waals surface area contributed by atoms with E-state index in [0.717, 1.165) is 6.26 Å². The highest BCUT2D eigenvalue weighted by atomic mass is 16.4. The summed E-state index contributed by atoms with van der Waals surface area (Å²) >= 11 is 0. The molecule has 0 aliphatic heterocycles. The molecule has 66 valence electrons. The maximum Gasteiger partial charge on any atom is 0.357 e. The summed E-state index contributed by atoms with van der Waals surface area (Å²) in [7, 11) is 0. The quantitative estimate of drug-likeness (QED) is 0.694. The third kappa shape index (κ3) is 1.64. The van der Waals surface area contributed by atoms with Crippen LogP contribution in [0, 0.1) is 0 Å². The minimum atomic E-state index is -1.06. The van der Waals surface area contributed by atoms with Gasteiger partial charge in [-0.05, 0) is 0 Å². The van der Waals surface area contributed by atoms with Gasteiger partial charge < -0.3 is 9.52 Å². The lowest BCUT2D eigenvalue weighted by Gasteiger charge is -2.11. The van der Waals surface area contributed by atoms with E-state index in [4.69, 9.17) is 9.52 Å². The van der Waals surface area contributed by atoms with Crippen molar-refractivity contribution in [2.24, 2.45) is 0 Å². The third-order valence-electron chi connectivity index (χ3n) is 1.36. The molecule has 4 nitrogen and oxygen atoms in total. The van der Waals surface area contributed by atoms with E-state index in [1.165, 1.54) is 0 Å². The molecule has 0 atom stereocenters. The van der Waals surface area contributed by atoms with Gasteiger partial charge in [-0.15, -0.1) is 0 Å². The van der Waals surface area contributed by atoms with E-state index in [1.807, 2.05) is 20.8 Å². The third-order valence-corrected chi connectivity index (χ3v) is 1.36. The number of rotatable bonds is 1. The fraction of sp³-hybridized carbons (Fsp3) is 0.500. The first-order chi connectivity index (χ1) is 5.41. The smallest absolute Gasteiger partial charge is 0.357 e. The largest absolute Gasteiger partial charge is 0.476 e. The van der Waals surface area contributed by atoms with Crippen molar-refractivity contribution in [1.29, 1.82) is 0 Å². The number of carboxylic acids is 1. The van der Waals surface area contributed by atoms with Gasteiger partial charge >= 0.3 is 5.97 Å². The second-order valence-corrected chi connectivity index (χ2v) is 3.59. The monoisotopic (exact) mass is 169 g/mol. The van der Waals surface area contributed by atoms with Gasteiger partial charge in [0.15, 0.2) is 11.6 Å². The van der Waals surface area contributed by atoms with E-state index < -0.39 is 5.97 Å². The number of carbonyl (C=O) groups is 1. The lowest BCUT2D eigenvalue weighted by Crippen LogP contribution is -2.12. The average molecular weight is 169 g/mol. The van der Waals surface area contributed by atoms with Crippen LogP contribution in [-0.2, 0) is 5.41 Å². The van der Waals surface area contributed by atoms with E-state index in [0.29, 0.717) is 5.89 Å². The normalized spacial score (nSPS) is 11.6. The molecule has 1 rings (SSSR count). The summed E-state index contributed by atoms with van der Waals surface area (Å²) in [5.74, 6) is -0.617. The van der Waals surface area contributed by atoms with Crippen LogP contribution in [0.3, 0.4) is 0 Å². The zero-order valence-electron chi connectivity index (χ0n) is 7.29. The molecular weight excluding hydrogens is 158 g/mol. The molecule has 1 aromatic heterocycles. The van der Waals surface area contributed by atoms with Crippen molar-refractivity contribution in [3.63, 3.8) is 0 Å². The van der Waals surface area contributed by atoms with Crippen molar-refractivity contribution in [2.75, 3.05) is 0 Å². The number of aromatic carboxylic acids is 1. The summed E-state index contributed by atoms with van der Waals surface area (Å²) in [4.78, 5) is 14.2. The number of hydrogen-bond donors (Lipinski definition) is 1. The molecule has 1 N–H and O–H groups in total. The van der Waals surface area contributed by atoms with E-state index in [2.05, 4.69) is 4.98 Å². The second-order valence-electron chi connectivity index (χ2n) is 3.59. The van der Waals surface area contributed by atoms with E-state index in [1.54, 1.807) is 0 Å². The Morgan fingerprint density at radius 3 is 2.42 bits per heavy atom. The summed E-state index contributed by atoms with van der Waals surface area (Å²) < 4.78 is 5.00. The summed E-state index contributed by atoms with van der Waals surface area (Å²) in [6.07, 6.45) is 1.16. The number of nitrogens with zero attached hydrogens (tertiary/aromatic N) is 1. The van der Waals surface area contributed by atoms with Gasteiger partial charge in [-0.2, -0.15) is 0 Å². The van der Waals surface area contributed by atoms with E-state index in [9.17, 15) is 4.79 Å². The SMILES string of the molecule is CC(C)(C)c1nc(C(=O)O)co1. The van der Waals surface area contributed by atoms with Crippen LogP contribution in [0.5, 0.6) is 0 Å². The van der Waals surface area contributed by atoms with Crippen LogP contribution in [0.15, 0.2) is 10.7 Å². The van der Waals surface area contributed by atoms with Crippen molar-refractivity contribution in [2.45, 2.75) is 26.2 Å². The minimum absolute atomic E-state index is 0.0417. The Labute approximate surface area is 70.2 Å². The van der Waals surface area contributed by atoms with Gasteiger partial charge in [0.2, 0.25) is 0 Å². The number of oxazole rings is 1. The van der Waals surface area contributed by atoms with Crippen molar-refractivity contribution in [3.05, 3.63) is 17.8 Å². The van der Waals surface area contributed by atoms with Crippen molar-refractivity contribution in [1.82, 2.24) is 4.98 Å². The number of hydrogen-bond acceptors (Lipinski definition) is 3. The minimum Gasteiger partial charge on any atom is -0.476 e. The average Bonchev–Trinajstić information content (AvgIpc) is 2.30. The van der Waals surface area contributed by atoms with Gasteiger partial charge in [0.25, 0.3) is 0 Å². The van der Waals surface area contributed by atoms with Gasteiger partial charge in [-0.25, -0.2) is 9.78 Å². The molecule has 0 spiro atoms. The van der Waals surface area contributed by atoms with Crippen molar-refractivity contribution in [3.8, 4) is 0 Å². The molecule has 1 heterocycles. The zero-order valence-corrected chi connectivity index (χ0v) is 7.29. The Kier molecular flexibility index (Phi) is 1.92. The van der Waals surface area contributed by atoms with Gasteiger partial charge in [0.1, 0.15) is 6.26 Å². The lowest BCUT2D eigenvalue weighted by molar-refractivity contribution is 0.0690. The summed E-state index contributed by atoms with van der Waals surface area (Å²) in [6.45, 7) is 5.72. The molecule has 0 aliphatic rings. The number of aromatic nitrogens is 1. The molecule has 0 radical (unpaired) electrons. The lowest BCUT2D eigenvalue weighted by atomic mass is 9.97. The Morgan fingerprint density at radius 2 is 2.17 bits per heavy atom. The predicted molar refractivity (Wildman–Crippen MR) is 42.2 cm³/mol. The first kappa shape index (κ1) is 8.77. The molecule has 0 saturated heterocycles. The molecule has 1 aromatic rings. The van der Waals surface area contributed by atoms with Crippen LogP contribution >= 0.6 is 0 Å². The van der Waals surface area contributed by atoms with Gasteiger partial charge in [-0.1, -0.05) is 20.8 Å². The highest BCUT2D eigenvalue weighted by molar-refractivity contribution is 5.84. The highest BCUT2D eigenvalue weighted by Gasteiger charge is 2.21. The summed E-state index contributed by atoms with van der Waals surface area (Å²) in [5.41, 5.74) is -0.284. The Hall–Kier alpha value is -1.32. The van der Waals surface area contributed by atoms with Crippen LogP contribution in [0.2, 0.25) is 0 Å². The first-order valence-electron chi connectivity index (χ1n) is 3.60. The molecule has 4 heteroatoms. The standard InChI is InChI=1S/C8H11NO3/c1-8(2,3)7-9-5(4-12-7)6(10)11/h4H,1-3H3,(H,10,11). The number of carboxylic acid groups (broad SMARTS) is 1. The fourth-order valence-electron chi connectivity index (χ4n) is 0.716. The first-order valence-corrected chi connectivity index (χ1v) is 3.60. The highest BCUT2D eigenvalue weighted by Crippen LogP contribution is 2.20. The van der Waals surface area contributed by atoms with Crippen molar-refractivity contribution >= 4 is 5.97 Å². The molecule has 0 amide bonds. The summed E-state index contributed by atoms with van der Waals surface area (Å²) in [6, 6.07) is 0. The maximum atomic E-state index is 10.4. The van der Waals surface area contributed by atoms with Crippen molar-refractivity contribution < 1.29 is 14.3 Å². The van der Waals surface area contributed by atoms with Gasteiger partial charge in [0.05, 0.1) is 0 Å². The predicted octanol–water partition coefficient (Wildman–Crippen LogP) is 1.67. The Morgan fingerprint density at radius 1 is 1.58 bits per heavy atom. The molecule has 12 heavy (non-hydrogen) atoms. The van der Waals surface area contributed by atoms with Crippen LogP contribution in [-0.4, -0.2) is 16.1 Å². The Bertz CT molecular complexity index is 295. The fourth-order valence-corrected chi connectivity index (χ4v) is 0.716. The van der Waals surface area contributed by atoms with Crippen LogP contribution in [0.1, 0.15) is 37.2 Å². The van der Waals surface area contributed by atoms with Gasteiger partial charge in [0, 0.05) is 5.41 Å². The van der Waals surface area contributed by atoms with E-state index in [-0.39, 0.29) is 11.1 Å². The van der Waals surface area contributed by atoms with Crippen LogP contribution in [0.4, 0.5) is 0 Å². The zero-order chi connectivity index (χ0) is 9.35. The molecule has 0 saturated carbocycles. The molecule has 0 unspecified atom stereocenters. The molecule has 0 aromatic carbocycles. The summed E-state index contributed by atoms with van der Waals surface area (Å²) in [5, 5.41) is 8.54. The Balaban J connectivity index is 3.00. The topological polar surface area (TPSA) is 63.3 Å². The van der Waals surface area contributed by atoms with Gasteiger partial charge in [-0.3, -0.25) is 0 Å². The maximum absolute atomic E-state index is 10.4. The van der Waals surface area contributed by atoms with E-state index >= 15 is 0 Å². The molecular formula is C8H11NO3. The molecule has 0 bridgehead atoms. The molecule has 0 aliphatic carbocycles. The van der Waals surface area contributed by atoms with Crippen LogP contribution in [0.25, 0.3) is 0 Å². The second kappa shape index (κ2) is 2.62.